The maximum absolute atomic E-state index is 10.4. The molecule has 0 radical (unpaired) electrons. The summed E-state index contributed by atoms with van der Waals surface area (Å²) in [7, 11) is 0. The molecule has 0 saturated heterocycles. The second kappa shape index (κ2) is 16.4. The molecule has 0 amide bonds. The summed E-state index contributed by atoms with van der Waals surface area (Å²) in [6.45, 7) is 24.1. The molecule has 0 aromatic heterocycles. The first kappa shape index (κ1) is 36.5. The molecule has 0 aromatic carbocycles. The first-order valence-corrected chi connectivity index (χ1v) is 16.2. The van der Waals surface area contributed by atoms with Crippen LogP contribution in [0.5, 0.6) is 0 Å². The number of hydrogen-bond donors (Lipinski definition) is 2. The van der Waals surface area contributed by atoms with Gasteiger partial charge >= 0.3 is 0 Å². The zero-order valence-electron chi connectivity index (χ0n) is 29.0. The van der Waals surface area contributed by atoms with Crippen LogP contribution < -0.4 is 0 Å². The minimum Gasteiger partial charge on any atom is -0.393 e. The first-order chi connectivity index (χ1) is 20.0. The molecule has 43 heavy (non-hydrogen) atoms. The SMILES string of the molecule is CC(C=CC=C(C)C=CC1=C(C)CC(O)CC1(C)C)=CC=CC=C(C)C=CC=C(C)C=CC1C(C)C(C)C(O)CC1(C)C. The fourth-order valence-electron chi connectivity index (χ4n) is 6.68. The predicted molar refractivity (Wildman–Crippen MR) is 189 cm³/mol. The fraction of sp³-hybridized carbons (Fsp3) is 0.512. The van der Waals surface area contributed by atoms with E-state index in [1.165, 1.54) is 33.4 Å². The Morgan fingerprint density at radius 2 is 1.16 bits per heavy atom. The van der Waals surface area contributed by atoms with Crippen molar-refractivity contribution in [2.24, 2.45) is 28.6 Å². The van der Waals surface area contributed by atoms with E-state index in [1.807, 2.05) is 0 Å². The lowest BCUT2D eigenvalue weighted by Crippen LogP contribution is -2.44. The molecule has 2 aliphatic rings. The van der Waals surface area contributed by atoms with Crippen LogP contribution in [0, 0.1) is 28.6 Å². The molecule has 2 aliphatic carbocycles. The summed E-state index contributed by atoms with van der Waals surface area (Å²) in [6.07, 6.45) is 32.2. The van der Waals surface area contributed by atoms with Gasteiger partial charge in [0.05, 0.1) is 12.2 Å². The maximum Gasteiger partial charge on any atom is 0.0585 e. The van der Waals surface area contributed by atoms with Crippen LogP contribution in [0.25, 0.3) is 0 Å². The van der Waals surface area contributed by atoms with Crippen molar-refractivity contribution < 1.29 is 10.2 Å². The van der Waals surface area contributed by atoms with Crippen molar-refractivity contribution >= 4 is 0 Å². The standard InChI is InChI=1S/C41H60O2/c1-29(18-14-20-31(3)22-24-37-33(5)26-36(42)27-40(37,8)9)16-12-13-17-30(2)19-15-21-32(4)23-25-38-34(6)35(7)39(43)28-41(38,10)11/h12-25,34-36,38-39,42-43H,26-28H2,1-11H3. The van der Waals surface area contributed by atoms with Gasteiger partial charge in [-0.15, -0.1) is 0 Å². The Kier molecular flexibility index (Phi) is 13.9. The molecule has 0 spiro atoms. The quantitative estimate of drug-likeness (QED) is 0.251. The molecule has 5 atom stereocenters. The number of aliphatic hydroxyl groups excluding tert-OH is 2. The van der Waals surface area contributed by atoms with E-state index in [2.05, 4.69) is 161 Å². The summed E-state index contributed by atoms with van der Waals surface area (Å²) in [5.41, 5.74) is 7.57. The van der Waals surface area contributed by atoms with E-state index in [9.17, 15) is 10.2 Å². The van der Waals surface area contributed by atoms with Crippen LogP contribution in [0.3, 0.4) is 0 Å². The van der Waals surface area contributed by atoms with E-state index in [4.69, 9.17) is 0 Å². The summed E-state index contributed by atoms with van der Waals surface area (Å²) >= 11 is 0. The maximum atomic E-state index is 10.4. The number of allylic oxidation sites excluding steroid dienone is 19. The van der Waals surface area contributed by atoms with Crippen molar-refractivity contribution in [3.63, 3.8) is 0 Å². The summed E-state index contributed by atoms with van der Waals surface area (Å²) in [6, 6.07) is 0. The lowest BCUT2D eigenvalue weighted by molar-refractivity contribution is -0.0375. The van der Waals surface area contributed by atoms with Gasteiger partial charge in [0.25, 0.3) is 0 Å². The van der Waals surface area contributed by atoms with Crippen LogP contribution in [0.15, 0.2) is 119 Å². The van der Waals surface area contributed by atoms with Crippen molar-refractivity contribution in [2.45, 2.75) is 108 Å². The van der Waals surface area contributed by atoms with Gasteiger partial charge in [-0.25, -0.2) is 0 Å². The van der Waals surface area contributed by atoms with Gasteiger partial charge in [-0.3, -0.25) is 0 Å². The Bertz CT molecular complexity index is 1250. The average Bonchev–Trinajstić information content (AvgIpc) is 2.88. The normalized spacial score (nSPS) is 29.8. The number of aliphatic hydroxyl groups is 2. The zero-order chi connectivity index (χ0) is 32.4. The molecule has 0 bridgehead atoms. The summed E-state index contributed by atoms with van der Waals surface area (Å²) in [5, 5.41) is 20.5. The molecule has 2 N–H and O–H groups in total. The van der Waals surface area contributed by atoms with E-state index < -0.39 is 0 Å². The second-order valence-corrected chi connectivity index (χ2v) is 14.6. The largest absolute Gasteiger partial charge is 0.393 e. The number of rotatable bonds is 10. The van der Waals surface area contributed by atoms with Gasteiger partial charge < -0.3 is 10.2 Å². The van der Waals surface area contributed by atoms with Crippen molar-refractivity contribution in [3.05, 3.63) is 119 Å². The Morgan fingerprint density at radius 3 is 1.70 bits per heavy atom. The molecular weight excluding hydrogens is 524 g/mol. The van der Waals surface area contributed by atoms with E-state index in [0.717, 1.165) is 19.3 Å². The molecular formula is C41H60O2. The molecule has 0 heterocycles. The van der Waals surface area contributed by atoms with Crippen molar-refractivity contribution in [1.29, 1.82) is 0 Å². The van der Waals surface area contributed by atoms with Gasteiger partial charge in [0.1, 0.15) is 0 Å². The molecule has 0 aromatic rings. The molecule has 2 rings (SSSR count). The highest BCUT2D eigenvalue weighted by atomic mass is 16.3. The third-order valence-corrected chi connectivity index (χ3v) is 9.46. The zero-order valence-corrected chi connectivity index (χ0v) is 29.0. The Labute approximate surface area is 264 Å². The van der Waals surface area contributed by atoms with Gasteiger partial charge in [0.15, 0.2) is 0 Å². The number of hydrogen-bond acceptors (Lipinski definition) is 2. The van der Waals surface area contributed by atoms with Crippen LogP contribution in [0.2, 0.25) is 0 Å². The Hall–Kier alpha value is -2.68. The van der Waals surface area contributed by atoms with Crippen LogP contribution in [0.1, 0.15) is 95.4 Å². The molecule has 0 aliphatic heterocycles. The van der Waals surface area contributed by atoms with Gasteiger partial charge in [-0.1, -0.05) is 154 Å². The van der Waals surface area contributed by atoms with Gasteiger partial charge in [0.2, 0.25) is 0 Å². The molecule has 1 saturated carbocycles. The minimum atomic E-state index is -0.226. The van der Waals surface area contributed by atoms with E-state index in [1.54, 1.807) is 0 Å². The Morgan fingerprint density at radius 1 is 0.674 bits per heavy atom. The van der Waals surface area contributed by atoms with E-state index in [-0.39, 0.29) is 23.0 Å². The van der Waals surface area contributed by atoms with E-state index >= 15 is 0 Å². The highest BCUT2D eigenvalue weighted by Gasteiger charge is 2.43. The molecule has 1 fully saturated rings. The van der Waals surface area contributed by atoms with Crippen LogP contribution >= 0.6 is 0 Å². The highest BCUT2D eigenvalue weighted by Crippen LogP contribution is 2.47. The lowest BCUT2D eigenvalue weighted by Gasteiger charge is -2.47. The van der Waals surface area contributed by atoms with Crippen molar-refractivity contribution in [3.8, 4) is 0 Å². The van der Waals surface area contributed by atoms with E-state index in [0.29, 0.717) is 17.8 Å². The molecule has 5 unspecified atom stereocenters. The minimum absolute atomic E-state index is 0.00592. The lowest BCUT2D eigenvalue weighted by atomic mass is 9.59. The predicted octanol–water partition coefficient (Wildman–Crippen LogP) is 10.7. The smallest absolute Gasteiger partial charge is 0.0585 e. The third-order valence-electron chi connectivity index (χ3n) is 9.46. The summed E-state index contributed by atoms with van der Waals surface area (Å²) < 4.78 is 0. The topological polar surface area (TPSA) is 40.5 Å². The van der Waals surface area contributed by atoms with Crippen LogP contribution in [-0.2, 0) is 0 Å². The Balaban J connectivity index is 1.90. The summed E-state index contributed by atoms with van der Waals surface area (Å²) in [4.78, 5) is 0. The van der Waals surface area contributed by atoms with Gasteiger partial charge in [-0.2, -0.15) is 0 Å². The van der Waals surface area contributed by atoms with Crippen LogP contribution in [0.4, 0.5) is 0 Å². The first-order valence-electron chi connectivity index (χ1n) is 16.2. The molecule has 2 heteroatoms. The summed E-state index contributed by atoms with van der Waals surface area (Å²) in [5.74, 6) is 1.26. The van der Waals surface area contributed by atoms with Crippen molar-refractivity contribution in [2.75, 3.05) is 0 Å². The highest BCUT2D eigenvalue weighted by molar-refractivity contribution is 5.38. The van der Waals surface area contributed by atoms with Gasteiger partial charge in [-0.05, 0) is 88.0 Å². The monoisotopic (exact) mass is 584 g/mol. The van der Waals surface area contributed by atoms with Crippen molar-refractivity contribution in [1.82, 2.24) is 0 Å². The molecule has 2 nitrogen and oxygen atoms in total. The fourth-order valence-corrected chi connectivity index (χ4v) is 6.68. The average molecular weight is 585 g/mol. The third kappa shape index (κ3) is 11.7. The van der Waals surface area contributed by atoms with Gasteiger partial charge in [0, 0.05) is 0 Å². The van der Waals surface area contributed by atoms with Crippen LogP contribution in [-0.4, -0.2) is 22.4 Å². The molecule has 236 valence electrons. The second-order valence-electron chi connectivity index (χ2n) is 14.6.